The van der Waals surface area contributed by atoms with Crippen LogP contribution in [0.5, 0.6) is 5.75 Å². The Bertz CT molecular complexity index is 1820. The predicted molar refractivity (Wildman–Crippen MR) is 220 cm³/mol. The molecule has 18 nitrogen and oxygen atoms in total. The highest BCUT2D eigenvalue weighted by atomic mass is 16.5. The van der Waals surface area contributed by atoms with Crippen LogP contribution in [0.4, 0.5) is 15.3 Å². The lowest BCUT2D eigenvalue weighted by molar-refractivity contribution is -0.143. The molecule has 0 aromatic heterocycles. The Kier molecular flexibility index (Phi) is 17.7. The van der Waals surface area contributed by atoms with Gasteiger partial charge in [-0.25, -0.2) is 9.59 Å². The van der Waals surface area contributed by atoms with Crippen molar-refractivity contribution in [2.75, 3.05) is 32.1 Å². The number of primary amides is 1. The third-order valence-electron chi connectivity index (χ3n) is 10.3. The topological polar surface area (TPSA) is 256 Å². The van der Waals surface area contributed by atoms with Crippen LogP contribution in [0.3, 0.4) is 0 Å². The highest BCUT2D eigenvalue weighted by molar-refractivity contribution is 6.38. The van der Waals surface area contributed by atoms with Crippen LogP contribution in [0.15, 0.2) is 54.6 Å². The fourth-order valence-electron chi connectivity index (χ4n) is 7.31. The average Bonchev–Trinajstić information content (AvgIpc) is 3.66. The molecule has 2 aromatic rings. The fraction of sp³-hybridized carbons (Fsp3) is 0.524. The number of nitrogens with zero attached hydrogens (tertiary/aromatic N) is 1. The molecule has 1 saturated carbocycles. The molecule has 326 valence electrons. The molecule has 1 aliphatic heterocycles. The summed E-state index contributed by atoms with van der Waals surface area (Å²) in [5.41, 5.74) is 6.37. The van der Waals surface area contributed by atoms with E-state index in [1.165, 1.54) is 12.0 Å². The first-order valence-electron chi connectivity index (χ1n) is 20.4. The number of Topliss-reactive ketones (excluding diaryl/α,β-unsaturated/α-hetero) is 1. The van der Waals surface area contributed by atoms with Crippen molar-refractivity contribution in [3.63, 3.8) is 0 Å². The number of hydrogen-bond donors (Lipinski definition) is 7. The third kappa shape index (κ3) is 13.7. The number of methoxy groups -OCH3 is 1. The maximum Gasteiger partial charge on any atom is 0.407 e. The number of amides is 8. The summed E-state index contributed by atoms with van der Waals surface area (Å²) in [6.07, 6.45) is 3.59. The van der Waals surface area contributed by atoms with Crippen LogP contribution in [0, 0.1) is 11.8 Å². The van der Waals surface area contributed by atoms with Gasteiger partial charge in [0, 0.05) is 12.2 Å². The Balaban J connectivity index is 1.51. The summed E-state index contributed by atoms with van der Waals surface area (Å²) >= 11 is 0. The van der Waals surface area contributed by atoms with Gasteiger partial charge in [-0.15, -0.1) is 0 Å². The maximum absolute atomic E-state index is 14.6. The molecule has 8 amide bonds. The highest BCUT2D eigenvalue weighted by Crippen LogP contribution is 2.30. The van der Waals surface area contributed by atoms with Crippen LogP contribution in [0.1, 0.15) is 83.7 Å². The Morgan fingerprint density at radius 3 is 2.18 bits per heavy atom. The zero-order chi connectivity index (χ0) is 43.8. The lowest BCUT2D eigenvalue weighted by atomic mass is 9.83. The number of nitrogens with one attached hydrogen (secondary N) is 6. The van der Waals surface area contributed by atoms with Gasteiger partial charge in [0.05, 0.1) is 32.3 Å². The van der Waals surface area contributed by atoms with E-state index in [0.29, 0.717) is 36.3 Å². The highest BCUT2D eigenvalue weighted by Gasteiger charge is 2.45. The Morgan fingerprint density at radius 1 is 0.883 bits per heavy atom. The number of benzene rings is 2. The summed E-state index contributed by atoms with van der Waals surface area (Å²) in [5, 5.41) is 15.6. The molecule has 2 aliphatic rings. The van der Waals surface area contributed by atoms with E-state index in [0.717, 1.165) is 19.3 Å². The molecular weight excluding hydrogens is 777 g/mol. The van der Waals surface area contributed by atoms with E-state index >= 15 is 0 Å². The molecule has 1 heterocycles. The van der Waals surface area contributed by atoms with E-state index in [1.807, 2.05) is 13.8 Å². The molecule has 0 spiro atoms. The Hall–Kier alpha value is -6.20. The van der Waals surface area contributed by atoms with E-state index in [9.17, 15) is 38.4 Å². The number of carbonyl (C=O) groups is 8. The molecule has 8 N–H and O–H groups in total. The first-order valence-corrected chi connectivity index (χ1v) is 20.4. The third-order valence-corrected chi connectivity index (χ3v) is 10.3. The van der Waals surface area contributed by atoms with Crippen molar-refractivity contribution in [1.82, 2.24) is 31.5 Å². The zero-order valence-electron chi connectivity index (χ0n) is 34.6. The lowest BCUT2D eigenvalue weighted by Crippen LogP contribution is -2.58. The molecule has 18 heteroatoms. The van der Waals surface area contributed by atoms with Gasteiger partial charge >= 0.3 is 12.1 Å². The number of ketones is 1. The largest absolute Gasteiger partial charge is 0.497 e. The molecule has 5 atom stereocenters. The van der Waals surface area contributed by atoms with E-state index in [1.54, 1.807) is 61.5 Å². The van der Waals surface area contributed by atoms with E-state index < -0.39 is 84.2 Å². The number of urea groups is 1. The molecule has 0 bridgehead atoms. The summed E-state index contributed by atoms with van der Waals surface area (Å²) < 4.78 is 10.6. The summed E-state index contributed by atoms with van der Waals surface area (Å²) in [5.74, 6) is -4.71. The zero-order valence-corrected chi connectivity index (χ0v) is 34.6. The van der Waals surface area contributed by atoms with E-state index in [2.05, 4.69) is 31.9 Å². The lowest BCUT2D eigenvalue weighted by Gasteiger charge is -2.34. The molecule has 2 fully saturated rings. The molecule has 0 radical (unpaired) electrons. The summed E-state index contributed by atoms with van der Waals surface area (Å²) in [6, 6.07) is 8.78. The number of ether oxygens (including phenoxy) is 2. The average molecular weight is 835 g/mol. The molecule has 4 rings (SSSR count). The number of nitrogens with two attached hydrogens (primary N) is 1. The van der Waals surface area contributed by atoms with Crippen molar-refractivity contribution in [1.29, 1.82) is 0 Å². The smallest absolute Gasteiger partial charge is 0.407 e. The van der Waals surface area contributed by atoms with Crippen LogP contribution in [-0.2, 0) is 33.5 Å². The van der Waals surface area contributed by atoms with Crippen molar-refractivity contribution in [2.24, 2.45) is 17.6 Å². The SMILES string of the molecule is CCCC(NC(=O)C1C[C@@H](NC(=O)Nc2ccc(OC)cc2)CN1C(=O)[C@@H](NC(=O)OCC(C)C)C1CCCCC1)C(=O)C(=O)NCC(=O)N[C@H](C(N)=O)c1ccccc1. The van der Waals surface area contributed by atoms with Gasteiger partial charge in [0.2, 0.25) is 29.4 Å². The van der Waals surface area contributed by atoms with Crippen LogP contribution < -0.4 is 42.4 Å². The van der Waals surface area contributed by atoms with Gasteiger partial charge in [-0.3, -0.25) is 28.8 Å². The van der Waals surface area contributed by atoms with Crippen molar-refractivity contribution < 1.29 is 47.8 Å². The summed E-state index contributed by atoms with van der Waals surface area (Å²) in [6.45, 7) is 4.88. The van der Waals surface area contributed by atoms with Crippen LogP contribution >= 0.6 is 0 Å². The molecule has 60 heavy (non-hydrogen) atoms. The number of rotatable bonds is 19. The standard InChI is InChI=1S/C42H58N8O10/c1-5-12-31(36(52)39(55)44-22-33(51)48-34(37(43)53)26-13-8-6-9-14-26)47-38(54)32-21-29(46-41(57)45-28-17-19-30(59-4)20-18-28)23-50(32)40(56)35(27-15-10-7-11-16-27)49-42(58)60-24-25(2)3/h6,8-9,13-14,17-20,25,27,29,31-32,34-35H,5,7,10-12,15-16,21-24H2,1-4H3,(H2,43,53)(H,44,55)(H,47,54)(H,48,51)(H,49,58)(H2,45,46,57)/t29-,31?,32?,34+,35+/m1/s1. The molecule has 2 unspecified atom stereocenters. The first-order chi connectivity index (χ1) is 28.7. The molecular formula is C42H58N8O10. The molecule has 1 aliphatic carbocycles. The predicted octanol–water partition coefficient (Wildman–Crippen LogP) is 2.43. The minimum atomic E-state index is -1.34. The van der Waals surface area contributed by atoms with Crippen molar-refractivity contribution in [3.8, 4) is 5.75 Å². The second-order valence-corrected chi connectivity index (χ2v) is 15.5. The van der Waals surface area contributed by atoms with Gasteiger partial charge in [0.25, 0.3) is 5.91 Å². The minimum absolute atomic E-state index is 0.0442. The second-order valence-electron chi connectivity index (χ2n) is 15.5. The Morgan fingerprint density at radius 2 is 1.57 bits per heavy atom. The minimum Gasteiger partial charge on any atom is -0.497 e. The van der Waals surface area contributed by atoms with Crippen LogP contribution in [-0.4, -0.2) is 103 Å². The number of carbonyl (C=O) groups excluding carboxylic acids is 8. The van der Waals surface area contributed by atoms with Gasteiger partial charge in [-0.05, 0) is 67.3 Å². The van der Waals surface area contributed by atoms with E-state index in [4.69, 9.17) is 15.2 Å². The number of likely N-dealkylation sites (tertiary alicyclic amines) is 1. The molecule has 1 saturated heterocycles. The Labute approximate surface area is 349 Å². The number of anilines is 1. The summed E-state index contributed by atoms with van der Waals surface area (Å²) in [4.78, 5) is 108. The van der Waals surface area contributed by atoms with Gasteiger partial charge in [0.1, 0.15) is 23.9 Å². The van der Waals surface area contributed by atoms with Crippen molar-refractivity contribution >= 4 is 53.1 Å². The second kappa shape index (κ2) is 22.8. The monoisotopic (exact) mass is 834 g/mol. The number of hydrogen-bond acceptors (Lipinski definition) is 10. The van der Waals surface area contributed by atoms with Crippen molar-refractivity contribution in [2.45, 2.75) is 102 Å². The van der Waals surface area contributed by atoms with Gasteiger partial charge in [-0.2, -0.15) is 0 Å². The fourth-order valence-corrected chi connectivity index (χ4v) is 7.31. The quantitative estimate of drug-likeness (QED) is 0.102. The molecule has 2 aromatic carbocycles. The van der Waals surface area contributed by atoms with Gasteiger partial charge < -0.3 is 52.0 Å². The number of alkyl carbamates (subject to hydrolysis) is 1. The van der Waals surface area contributed by atoms with Gasteiger partial charge in [-0.1, -0.05) is 76.8 Å². The van der Waals surface area contributed by atoms with Gasteiger partial charge in [0.15, 0.2) is 0 Å². The van der Waals surface area contributed by atoms with Crippen LogP contribution in [0.2, 0.25) is 0 Å². The van der Waals surface area contributed by atoms with Crippen LogP contribution in [0.25, 0.3) is 0 Å². The maximum atomic E-state index is 14.6. The first kappa shape index (κ1) is 46.5. The van der Waals surface area contributed by atoms with Crippen molar-refractivity contribution in [3.05, 3.63) is 60.2 Å². The van der Waals surface area contributed by atoms with E-state index in [-0.39, 0.29) is 37.8 Å². The summed E-state index contributed by atoms with van der Waals surface area (Å²) in [7, 11) is 1.52. The normalized spacial score (nSPS) is 17.9.